The third-order valence-electron chi connectivity index (χ3n) is 8.61. The number of hydrogen-bond acceptors (Lipinski definition) is 3. The van der Waals surface area contributed by atoms with Gasteiger partial charge in [-0.2, -0.15) is 0 Å². The highest BCUT2D eigenvalue weighted by Crippen LogP contribution is 2.77. The lowest BCUT2D eigenvalue weighted by Gasteiger charge is -2.55. The molecule has 0 saturated heterocycles. The van der Waals surface area contributed by atoms with Crippen LogP contribution in [-0.2, 0) is 14.3 Å². The van der Waals surface area contributed by atoms with Gasteiger partial charge >= 0.3 is 5.97 Å². The first-order valence-corrected chi connectivity index (χ1v) is 9.88. The molecule has 3 saturated carbocycles. The molecule has 5 aliphatic carbocycles. The van der Waals surface area contributed by atoms with E-state index in [1.807, 2.05) is 6.08 Å². The van der Waals surface area contributed by atoms with Crippen LogP contribution in [0.15, 0.2) is 36.0 Å². The van der Waals surface area contributed by atoms with Crippen molar-refractivity contribution in [3.63, 3.8) is 0 Å². The second-order valence-electron chi connectivity index (χ2n) is 9.39. The van der Waals surface area contributed by atoms with Gasteiger partial charge in [0, 0.05) is 23.8 Å². The SMILES string of the molecule is C[C@]12CCC3C(C=CC4=CC(=O)CC[C@@H]43)C1[C@H]1C[C@H]1[C@@]21C=CC(=O)O1. The summed E-state index contributed by atoms with van der Waals surface area (Å²) >= 11 is 0. The standard InChI is InChI=1S/C22H24O3/c1-21-8-6-15-14-5-3-13(23)10-12(14)2-4-16(15)20(21)17-11-18(17)22(21)9-7-19(24)25-22/h2,4,7,9-10,14-18,20H,3,5-6,8,11H2,1H3/t14-,15?,16?,17-,18+,20?,21-,22-/m0/s1. The second kappa shape index (κ2) is 4.36. The molecule has 3 fully saturated rings. The lowest BCUT2D eigenvalue weighted by Crippen LogP contribution is -2.54. The summed E-state index contributed by atoms with van der Waals surface area (Å²) in [4.78, 5) is 23.7. The van der Waals surface area contributed by atoms with Crippen molar-refractivity contribution in [2.75, 3.05) is 0 Å². The van der Waals surface area contributed by atoms with E-state index in [4.69, 9.17) is 4.74 Å². The average Bonchev–Trinajstić information content (AvgIpc) is 3.23. The van der Waals surface area contributed by atoms with E-state index < -0.39 is 0 Å². The highest BCUT2D eigenvalue weighted by Gasteiger charge is 2.77. The van der Waals surface area contributed by atoms with Crippen molar-refractivity contribution >= 4 is 11.8 Å². The molecule has 130 valence electrons. The van der Waals surface area contributed by atoms with Crippen molar-refractivity contribution in [1.82, 2.24) is 0 Å². The van der Waals surface area contributed by atoms with E-state index in [1.54, 1.807) is 6.08 Å². The van der Waals surface area contributed by atoms with Crippen LogP contribution in [0.2, 0.25) is 0 Å². The van der Waals surface area contributed by atoms with Gasteiger partial charge in [-0.05, 0) is 73.0 Å². The van der Waals surface area contributed by atoms with Crippen LogP contribution in [0.25, 0.3) is 0 Å². The number of rotatable bonds is 0. The van der Waals surface area contributed by atoms with Crippen molar-refractivity contribution in [2.24, 2.45) is 40.9 Å². The Bertz CT molecular complexity index is 789. The summed E-state index contributed by atoms with van der Waals surface area (Å²) in [7, 11) is 0. The predicted octanol–water partition coefficient (Wildman–Crippen LogP) is 3.61. The summed E-state index contributed by atoms with van der Waals surface area (Å²) in [6.45, 7) is 2.38. The van der Waals surface area contributed by atoms with Crippen molar-refractivity contribution in [3.8, 4) is 0 Å². The molecule has 0 aromatic carbocycles. The molecule has 0 aromatic rings. The topological polar surface area (TPSA) is 43.4 Å². The first-order chi connectivity index (χ1) is 12.0. The van der Waals surface area contributed by atoms with E-state index in [-0.39, 0.29) is 17.0 Å². The Morgan fingerprint density at radius 3 is 2.84 bits per heavy atom. The lowest BCUT2D eigenvalue weighted by atomic mass is 9.50. The number of esters is 1. The van der Waals surface area contributed by atoms with E-state index >= 15 is 0 Å². The van der Waals surface area contributed by atoms with Crippen molar-refractivity contribution < 1.29 is 14.3 Å². The quantitative estimate of drug-likeness (QED) is 0.635. The van der Waals surface area contributed by atoms with Gasteiger partial charge in [-0.1, -0.05) is 19.1 Å². The predicted molar refractivity (Wildman–Crippen MR) is 92.3 cm³/mol. The van der Waals surface area contributed by atoms with E-state index in [0.29, 0.717) is 47.7 Å². The molecular formula is C22H24O3. The van der Waals surface area contributed by atoms with E-state index in [0.717, 1.165) is 12.8 Å². The number of ketones is 1. The summed E-state index contributed by atoms with van der Waals surface area (Å²) in [5.41, 5.74) is 1.01. The lowest BCUT2D eigenvalue weighted by molar-refractivity contribution is -0.165. The minimum absolute atomic E-state index is 0.0699. The summed E-state index contributed by atoms with van der Waals surface area (Å²) in [6, 6.07) is 0. The molecule has 3 nitrogen and oxygen atoms in total. The molecule has 3 heteroatoms. The smallest absolute Gasteiger partial charge is 0.331 e. The summed E-state index contributed by atoms with van der Waals surface area (Å²) in [5, 5.41) is 0. The molecule has 1 heterocycles. The fourth-order valence-corrected chi connectivity index (χ4v) is 7.61. The number of hydrogen-bond donors (Lipinski definition) is 0. The summed E-state index contributed by atoms with van der Waals surface area (Å²) < 4.78 is 6.01. The van der Waals surface area contributed by atoms with Gasteiger partial charge < -0.3 is 4.74 Å². The third kappa shape index (κ3) is 1.59. The molecule has 0 aromatic heterocycles. The number of carbonyl (C=O) groups excluding carboxylic acids is 2. The first kappa shape index (κ1) is 14.5. The molecule has 0 bridgehead atoms. The second-order valence-corrected chi connectivity index (χ2v) is 9.39. The highest BCUT2D eigenvalue weighted by molar-refractivity contribution is 5.92. The van der Waals surface area contributed by atoms with Gasteiger partial charge in [0.25, 0.3) is 0 Å². The normalized spacial score (nSPS) is 54.5. The average molecular weight is 336 g/mol. The van der Waals surface area contributed by atoms with Crippen LogP contribution in [-0.4, -0.2) is 17.4 Å². The zero-order valence-corrected chi connectivity index (χ0v) is 14.6. The zero-order chi connectivity index (χ0) is 17.0. The monoisotopic (exact) mass is 336 g/mol. The van der Waals surface area contributed by atoms with Crippen LogP contribution in [0.3, 0.4) is 0 Å². The van der Waals surface area contributed by atoms with Gasteiger partial charge in [0.15, 0.2) is 5.78 Å². The molecule has 0 N–H and O–H groups in total. The van der Waals surface area contributed by atoms with Gasteiger partial charge in [0.2, 0.25) is 0 Å². The zero-order valence-electron chi connectivity index (χ0n) is 14.6. The maximum Gasteiger partial charge on any atom is 0.331 e. The molecule has 6 aliphatic rings. The summed E-state index contributed by atoms with van der Waals surface area (Å²) in [5.74, 6) is 3.80. The van der Waals surface area contributed by atoms with Crippen LogP contribution in [0.5, 0.6) is 0 Å². The van der Waals surface area contributed by atoms with Crippen LogP contribution in [0.1, 0.15) is 39.0 Å². The molecule has 0 amide bonds. The minimum atomic E-state index is -0.336. The number of fused-ring (bicyclic) bond motifs is 9. The van der Waals surface area contributed by atoms with E-state index in [9.17, 15) is 9.59 Å². The molecule has 1 spiro atoms. The van der Waals surface area contributed by atoms with Gasteiger partial charge in [0.05, 0.1) is 0 Å². The van der Waals surface area contributed by atoms with Gasteiger partial charge in [-0.3, -0.25) is 4.79 Å². The maximum absolute atomic E-state index is 11.9. The Balaban J connectivity index is 1.42. The fourth-order valence-electron chi connectivity index (χ4n) is 7.61. The fraction of sp³-hybridized carbons (Fsp3) is 0.636. The highest BCUT2D eigenvalue weighted by atomic mass is 16.6. The molecule has 8 atom stereocenters. The number of allylic oxidation sites excluding steroid dienone is 4. The molecule has 6 rings (SSSR count). The Morgan fingerprint density at radius 1 is 1.16 bits per heavy atom. The molecule has 0 radical (unpaired) electrons. The van der Waals surface area contributed by atoms with Crippen molar-refractivity contribution in [3.05, 3.63) is 36.0 Å². The Morgan fingerprint density at radius 2 is 2.04 bits per heavy atom. The van der Waals surface area contributed by atoms with Gasteiger partial charge in [0.1, 0.15) is 5.60 Å². The van der Waals surface area contributed by atoms with Crippen molar-refractivity contribution in [1.29, 1.82) is 0 Å². The molecular weight excluding hydrogens is 312 g/mol. The van der Waals surface area contributed by atoms with E-state index in [2.05, 4.69) is 25.2 Å². The third-order valence-corrected chi connectivity index (χ3v) is 8.61. The van der Waals surface area contributed by atoms with Crippen LogP contribution in [0, 0.1) is 40.9 Å². The van der Waals surface area contributed by atoms with Crippen molar-refractivity contribution in [2.45, 2.75) is 44.6 Å². The minimum Gasteiger partial charge on any atom is -0.451 e. The van der Waals surface area contributed by atoms with Crippen LogP contribution < -0.4 is 0 Å². The van der Waals surface area contributed by atoms with E-state index in [1.165, 1.54) is 18.4 Å². The first-order valence-electron chi connectivity index (χ1n) is 9.88. The van der Waals surface area contributed by atoms with Gasteiger partial charge in [-0.25, -0.2) is 4.79 Å². The van der Waals surface area contributed by atoms with Gasteiger partial charge in [-0.15, -0.1) is 0 Å². The van der Waals surface area contributed by atoms with Crippen LogP contribution >= 0.6 is 0 Å². The number of ether oxygens (including phenoxy) is 1. The maximum atomic E-state index is 11.9. The van der Waals surface area contributed by atoms with Crippen LogP contribution in [0.4, 0.5) is 0 Å². The molecule has 3 unspecified atom stereocenters. The number of carbonyl (C=O) groups is 2. The molecule has 1 aliphatic heterocycles. The Hall–Kier alpha value is -1.64. The largest absolute Gasteiger partial charge is 0.451 e. The Kier molecular flexibility index (Phi) is 2.53. The Labute approximate surface area is 148 Å². The molecule has 25 heavy (non-hydrogen) atoms. The summed E-state index contributed by atoms with van der Waals surface area (Å²) in [6.07, 6.45) is 15.6.